The molecule has 0 spiro atoms. The molecule has 1 heterocycles. The molecule has 0 bridgehead atoms. The van der Waals surface area contributed by atoms with Crippen molar-refractivity contribution in [2.24, 2.45) is 0 Å². The highest BCUT2D eigenvalue weighted by atomic mass is 16.3. The van der Waals surface area contributed by atoms with Crippen molar-refractivity contribution in [2.75, 3.05) is 13.1 Å². The van der Waals surface area contributed by atoms with E-state index in [1.165, 1.54) is 18.4 Å². The van der Waals surface area contributed by atoms with Crippen LogP contribution < -0.4 is 5.32 Å². The number of aromatic hydroxyl groups is 1. The molecule has 0 amide bonds. The summed E-state index contributed by atoms with van der Waals surface area (Å²) in [7, 11) is 0. The van der Waals surface area contributed by atoms with Crippen LogP contribution in [0.3, 0.4) is 0 Å². The standard InChI is InChI=1S/C15H24N2O/c1-3-13-11-17(14(4-2)9-16-13)10-12-6-5-7-15(18)8-12/h5-8,13-14,16,18H,3-4,9-11H2,1-2H3. The number of nitrogens with zero attached hydrogens (tertiary/aromatic N) is 1. The SMILES string of the molecule is CCC1CN(Cc2cccc(O)c2)C(CC)CN1. The van der Waals surface area contributed by atoms with E-state index in [4.69, 9.17) is 0 Å². The van der Waals surface area contributed by atoms with Gasteiger partial charge in [-0.15, -0.1) is 0 Å². The predicted octanol–water partition coefficient (Wildman–Crippen LogP) is 2.35. The molecule has 1 saturated heterocycles. The van der Waals surface area contributed by atoms with E-state index in [1.54, 1.807) is 6.07 Å². The molecule has 0 aromatic heterocycles. The summed E-state index contributed by atoms with van der Waals surface area (Å²) >= 11 is 0. The zero-order chi connectivity index (χ0) is 13.0. The van der Waals surface area contributed by atoms with Gasteiger partial charge in [0, 0.05) is 31.7 Å². The van der Waals surface area contributed by atoms with Gasteiger partial charge in [0.1, 0.15) is 5.75 Å². The van der Waals surface area contributed by atoms with Crippen molar-refractivity contribution >= 4 is 0 Å². The zero-order valence-corrected chi connectivity index (χ0v) is 11.4. The molecular formula is C15H24N2O. The van der Waals surface area contributed by atoms with Crippen molar-refractivity contribution in [1.29, 1.82) is 0 Å². The number of piperazine rings is 1. The molecular weight excluding hydrogens is 224 g/mol. The van der Waals surface area contributed by atoms with Gasteiger partial charge in [-0.3, -0.25) is 4.90 Å². The van der Waals surface area contributed by atoms with Gasteiger partial charge in [0.25, 0.3) is 0 Å². The fourth-order valence-electron chi connectivity index (χ4n) is 2.69. The average Bonchev–Trinajstić information content (AvgIpc) is 2.38. The van der Waals surface area contributed by atoms with Gasteiger partial charge in [0.2, 0.25) is 0 Å². The monoisotopic (exact) mass is 248 g/mol. The first-order valence-corrected chi connectivity index (χ1v) is 6.98. The number of rotatable bonds is 4. The van der Waals surface area contributed by atoms with Gasteiger partial charge in [-0.05, 0) is 30.5 Å². The third-order valence-corrected chi connectivity index (χ3v) is 3.87. The van der Waals surface area contributed by atoms with E-state index in [-0.39, 0.29) is 0 Å². The van der Waals surface area contributed by atoms with Gasteiger partial charge >= 0.3 is 0 Å². The van der Waals surface area contributed by atoms with E-state index < -0.39 is 0 Å². The van der Waals surface area contributed by atoms with Crippen molar-refractivity contribution in [2.45, 2.75) is 45.3 Å². The second-order valence-electron chi connectivity index (χ2n) is 5.17. The molecule has 18 heavy (non-hydrogen) atoms. The van der Waals surface area contributed by atoms with Crippen LogP contribution >= 0.6 is 0 Å². The smallest absolute Gasteiger partial charge is 0.115 e. The van der Waals surface area contributed by atoms with Crippen LogP contribution in [0.4, 0.5) is 0 Å². The van der Waals surface area contributed by atoms with Gasteiger partial charge in [-0.1, -0.05) is 26.0 Å². The molecule has 1 aromatic rings. The van der Waals surface area contributed by atoms with Gasteiger partial charge < -0.3 is 10.4 Å². The van der Waals surface area contributed by atoms with Crippen LogP contribution in [-0.4, -0.2) is 35.2 Å². The predicted molar refractivity (Wildman–Crippen MR) is 74.7 cm³/mol. The molecule has 0 saturated carbocycles. The van der Waals surface area contributed by atoms with Gasteiger partial charge in [0.15, 0.2) is 0 Å². The number of phenolic OH excluding ortho intramolecular Hbond substituents is 1. The Morgan fingerprint density at radius 2 is 2.17 bits per heavy atom. The van der Waals surface area contributed by atoms with E-state index in [2.05, 4.69) is 30.1 Å². The first-order chi connectivity index (χ1) is 8.72. The summed E-state index contributed by atoms with van der Waals surface area (Å²) in [6, 6.07) is 8.82. The van der Waals surface area contributed by atoms with Crippen LogP contribution in [0.15, 0.2) is 24.3 Å². The maximum Gasteiger partial charge on any atom is 0.115 e. The Bertz CT molecular complexity index is 381. The largest absolute Gasteiger partial charge is 0.508 e. The van der Waals surface area contributed by atoms with Crippen molar-refractivity contribution in [3.63, 3.8) is 0 Å². The summed E-state index contributed by atoms with van der Waals surface area (Å²) in [6.45, 7) is 7.59. The lowest BCUT2D eigenvalue weighted by atomic mass is 10.0. The normalized spacial score (nSPS) is 25.2. The van der Waals surface area contributed by atoms with Crippen LogP contribution in [0.2, 0.25) is 0 Å². The zero-order valence-electron chi connectivity index (χ0n) is 11.4. The Balaban J connectivity index is 2.04. The molecule has 3 nitrogen and oxygen atoms in total. The highest BCUT2D eigenvalue weighted by Crippen LogP contribution is 2.18. The van der Waals surface area contributed by atoms with Crippen molar-refractivity contribution < 1.29 is 5.11 Å². The summed E-state index contributed by atoms with van der Waals surface area (Å²) < 4.78 is 0. The number of phenols is 1. The molecule has 100 valence electrons. The Labute approximate surface area is 110 Å². The fraction of sp³-hybridized carbons (Fsp3) is 0.600. The van der Waals surface area contributed by atoms with Crippen LogP contribution in [-0.2, 0) is 6.54 Å². The molecule has 0 radical (unpaired) electrons. The second-order valence-corrected chi connectivity index (χ2v) is 5.17. The number of hydrogen-bond acceptors (Lipinski definition) is 3. The van der Waals surface area contributed by atoms with E-state index >= 15 is 0 Å². The molecule has 0 aliphatic carbocycles. The van der Waals surface area contributed by atoms with E-state index in [0.717, 1.165) is 19.6 Å². The minimum atomic E-state index is 0.364. The molecule has 2 unspecified atom stereocenters. The summed E-state index contributed by atoms with van der Waals surface area (Å²) in [5.74, 6) is 0.364. The fourth-order valence-corrected chi connectivity index (χ4v) is 2.69. The van der Waals surface area contributed by atoms with Crippen molar-refractivity contribution in [1.82, 2.24) is 10.2 Å². The van der Waals surface area contributed by atoms with Crippen LogP contribution in [0.1, 0.15) is 32.3 Å². The van der Waals surface area contributed by atoms with Gasteiger partial charge in [-0.2, -0.15) is 0 Å². The van der Waals surface area contributed by atoms with Gasteiger partial charge in [0.05, 0.1) is 0 Å². The van der Waals surface area contributed by atoms with Crippen LogP contribution in [0.5, 0.6) is 5.75 Å². The van der Waals surface area contributed by atoms with Crippen molar-refractivity contribution in [3.05, 3.63) is 29.8 Å². The summed E-state index contributed by atoms with van der Waals surface area (Å²) in [5.41, 5.74) is 1.20. The molecule has 2 atom stereocenters. The third-order valence-electron chi connectivity index (χ3n) is 3.87. The third kappa shape index (κ3) is 3.24. The van der Waals surface area contributed by atoms with Gasteiger partial charge in [-0.25, -0.2) is 0 Å². The lowest BCUT2D eigenvalue weighted by Crippen LogP contribution is -2.55. The first-order valence-electron chi connectivity index (χ1n) is 6.98. The molecule has 2 N–H and O–H groups in total. The maximum absolute atomic E-state index is 9.53. The Hall–Kier alpha value is -1.06. The topological polar surface area (TPSA) is 35.5 Å². The quantitative estimate of drug-likeness (QED) is 0.858. The Kier molecular flexibility index (Phi) is 4.61. The number of hydrogen-bond donors (Lipinski definition) is 2. The lowest BCUT2D eigenvalue weighted by Gasteiger charge is -2.40. The number of nitrogens with one attached hydrogen (secondary N) is 1. The lowest BCUT2D eigenvalue weighted by molar-refractivity contribution is 0.117. The molecule has 1 aliphatic rings. The summed E-state index contributed by atoms with van der Waals surface area (Å²) in [6.07, 6.45) is 2.34. The second kappa shape index (κ2) is 6.21. The van der Waals surface area contributed by atoms with Crippen LogP contribution in [0, 0.1) is 0 Å². The highest BCUT2D eigenvalue weighted by Gasteiger charge is 2.25. The maximum atomic E-state index is 9.53. The molecule has 3 heteroatoms. The minimum absolute atomic E-state index is 0.364. The Morgan fingerprint density at radius 3 is 2.83 bits per heavy atom. The number of benzene rings is 1. The average molecular weight is 248 g/mol. The molecule has 1 aliphatic heterocycles. The van der Waals surface area contributed by atoms with Crippen LogP contribution in [0.25, 0.3) is 0 Å². The highest BCUT2D eigenvalue weighted by molar-refractivity contribution is 5.27. The van der Waals surface area contributed by atoms with E-state index in [9.17, 15) is 5.11 Å². The first kappa shape index (κ1) is 13.4. The Morgan fingerprint density at radius 1 is 1.33 bits per heavy atom. The molecule has 2 rings (SSSR count). The van der Waals surface area contributed by atoms with Crippen molar-refractivity contribution in [3.8, 4) is 5.75 Å². The van der Waals surface area contributed by atoms with E-state index in [1.807, 2.05) is 12.1 Å². The summed E-state index contributed by atoms with van der Waals surface area (Å²) in [4.78, 5) is 2.54. The summed E-state index contributed by atoms with van der Waals surface area (Å²) in [5, 5.41) is 13.1. The molecule has 1 fully saturated rings. The molecule has 1 aromatic carbocycles. The minimum Gasteiger partial charge on any atom is -0.508 e. The van der Waals surface area contributed by atoms with E-state index in [0.29, 0.717) is 17.8 Å².